The molecule has 9 nitrogen and oxygen atoms in total. The van der Waals surface area contributed by atoms with Gasteiger partial charge in [-0.15, -0.1) is 16.8 Å². The summed E-state index contributed by atoms with van der Waals surface area (Å²) in [6.45, 7) is 4.50. The molecule has 2 heterocycles. The molecule has 0 saturated heterocycles. The number of rotatable bonds is 6. The fourth-order valence-electron chi connectivity index (χ4n) is 2.45. The van der Waals surface area contributed by atoms with Crippen LogP contribution in [0.25, 0.3) is 0 Å². The molecule has 0 bridgehead atoms. The normalized spacial score (nSPS) is 15.1. The molecule has 0 radical (unpaired) electrons. The van der Waals surface area contributed by atoms with E-state index in [0.29, 0.717) is 35.6 Å². The molecular weight excluding hydrogens is 370 g/mol. The lowest BCUT2D eigenvalue weighted by Gasteiger charge is -2.26. The van der Waals surface area contributed by atoms with Crippen LogP contribution in [-0.2, 0) is 11.3 Å². The van der Waals surface area contributed by atoms with E-state index in [1.54, 1.807) is 6.08 Å². The lowest BCUT2D eigenvalue weighted by atomic mass is 10.2. The van der Waals surface area contributed by atoms with Crippen molar-refractivity contribution < 1.29 is 19.1 Å². The second-order valence-corrected chi connectivity index (χ2v) is 6.46. The van der Waals surface area contributed by atoms with Crippen LogP contribution in [0.1, 0.15) is 11.9 Å². The van der Waals surface area contributed by atoms with Crippen molar-refractivity contribution in [1.29, 1.82) is 0 Å². The molecule has 27 heavy (non-hydrogen) atoms. The third-order valence-corrected chi connectivity index (χ3v) is 4.63. The van der Waals surface area contributed by atoms with Gasteiger partial charge in [-0.3, -0.25) is 14.7 Å². The zero-order valence-corrected chi connectivity index (χ0v) is 15.5. The van der Waals surface area contributed by atoms with Crippen LogP contribution in [-0.4, -0.2) is 46.1 Å². The highest BCUT2D eigenvalue weighted by atomic mass is 32.2. The van der Waals surface area contributed by atoms with Crippen molar-refractivity contribution in [3.8, 4) is 11.5 Å². The molecule has 1 aromatic carbocycles. The molecule has 3 rings (SSSR count). The Morgan fingerprint density at radius 1 is 1.37 bits per heavy atom. The summed E-state index contributed by atoms with van der Waals surface area (Å²) in [5, 5.41) is 13.4. The average Bonchev–Trinajstić information content (AvgIpc) is 3.09. The molecular formula is C17H19N5O4S. The van der Waals surface area contributed by atoms with Gasteiger partial charge in [0.2, 0.25) is 5.91 Å². The number of nitrogens with one attached hydrogen (secondary N) is 2. The second-order valence-electron chi connectivity index (χ2n) is 5.52. The summed E-state index contributed by atoms with van der Waals surface area (Å²) < 4.78 is 13.5. The molecule has 10 heteroatoms. The highest BCUT2D eigenvalue weighted by molar-refractivity contribution is 7.99. The van der Waals surface area contributed by atoms with Crippen LogP contribution in [0.5, 0.6) is 11.5 Å². The van der Waals surface area contributed by atoms with Crippen LogP contribution in [0.2, 0.25) is 0 Å². The molecule has 0 unspecified atom stereocenters. The van der Waals surface area contributed by atoms with Gasteiger partial charge in [-0.25, -0.2) is 4.79 Å². The summed E-state index contributed by atoms with van der Waals surface area (Å²) in [6.07, 6.45) is 1.28. The smallest absolute Gasteiger partial charge is 0.321 e. The van der Waals surface area contributed by atoms with E-state index in [4.69, 9.17) is 9.47 Å². The molecule has 1 atom stereocenters. The summed E-state index contributed by atoms with van der Waals surface area (Å²) in [5.41, 5.74) is 0. The first-order chi connectivity index (χ1) is 13.1. The Bertz CT molecular complexity index is 854. The number of carbonyl (C=O) groups excluding carboxylic acids is 2. The molecule has 1 aliphatic heterocycles. The van der Waals surface area contributed by atoms with Crippen molar-refractivity contribution in [3.63, 3.8) is 0 Å². The number of para-hydroxylation sites is 2. The van der Waals surface area contributed by atoms with Gasteiger partial charge in [0.1, 0.15) is 6.61 Å². The fourth-order valence-corrected chi connectivity index (χ4v) is 3.20. The van der Waals surface area contributed by atoms with Crippen molar-refractivity contribution in [2.45, 2.75) is 17.8 Å². The quantitative estimate of drug-likeness (QED) is 0.570. The molecule has 0 aliphatic carbocycles. The minimum absolute atomic E-state index is 0.0214. The second kappa shape index (κ2) is 8.58. The Hall–Kier alpha value is -3.01. The van der Waals surface area contributed by atoms with Crippen LogP contribution in [0, 0.1) is 0 Å². The Kier molecular flexibility index (Phi) is 5.97. The molecule has 142 valence electrons. The molecule has 1 aliphatic rings. The third-order valence-electron chi connectivity index (χ3n) is 3.67. The molecule has 2 N–H and O–H groups in total. The van der Waals surface area contributed by atoms with Crippen LogP contribution in [0.4, 0.5) is 4.79 Å². The first-order valence-corrected chi connectivity index (χ1v) is 9.17. The van der Waals surface area contributed by atoms with Crippen LogP contribution < -0.4 is 20.1 Å². The monoisotopic (exact) mass is 389 g/mol. The van der Waals surface area contributed by atoms with E-state index in [1.807, 2.05) is 28.8 Å². The third kappa shape index (κ3) is 4.40. The maximum Gasteiger partial charge on any atom is 0.321 e. The number of amides is 3. The number of nitrogens with zero attached hydrogens (tertiary/aromatic N) is 3. The zero-order valence-electron chi connectivity index (χ0n) is 14.7. The van der Waals surface area contributed by atoms with Crippen molar-refractivity contribution in [2.24, 2.45) is 0 Å². The minimum atomic E-state index is -0.555. The van der Waals surface area contributed by atoms with Crippen LogP contribution >= 0.6 is 11.8 Å². The Morgan fingerprint density at radius 2 is 2.15 bits per heavy atom. The van der Waals surface area contributed by atoms with E-state index < -0.39 is 18.0 Å². The number of ether oxygens (including phenoxy) is 2. The Labute approximate surface area is 160 Å². The highest BCUT2D eigenvalue weighted by Gasteiger charge is 2.28. The molecule has 0 fully saturated rings. The van der Waals surface area contributed by atoms with E-state index in [1.165, 1.54) is 18.8 Å². The number of allylic oxidation sites excluding steroid dienone is 1. The van der Waals surface area contributed by atoms with Gasteiger partial charge >= 0.3 is 6.03 Å². The van der Waals surface area contributed by atoms with Crippen molar-refractivity contribution in [3.05, 3.63) is 42.7 Å². The number of imide groups is 1. The Morgan fingerprint density at radius 3 is 2.89 bits per heavy atom. The van der Waals surface area contributed by atoms with Crippen LogP contribution in [0.3, 0.4) is 0 Å². The van der Waals surface area contributed by atoms with Gasteiger partial charge in [0.25, 0.3) is 0 Å². The maximum atomic E-state index is 11.8. The first-order valence-electron chi connectivity index (χ1n) is 8.19. The molecule has 2 aromatic rings. The molecule has 1 aromatic heterocycles. The number of fused-ring (bicyclic) bond motifs is 1. The number of thioether (sulfide) groups is 1. The average molecular weight is 389 g/mol. The van der Waals surface area contributed by atoms with Crippen LogP contribution in [0.15, 0.2) is 42.1 Å². The molecule has 0 spiro atoms. The number of urea groups is 1. The number of hydrogen-bond donors (Lipinski definition) is 2. The zero-order chi connectivity index (χ0) is 19.2. The van der Waals surface area contributed by atoms with E-state index in [0.717, 1.165) is 0 Å². The lowest BCUT2D eigenvalue weighted by molar-refractivity contribution is -0.117. The summed E-state index contributed by atoms with van der Waals surface area (Å²) >= 11 is 1.17. The SMILES string of the molecule is C=CCn1c(SCC(=O)NC(=O)NC)nnc1[C@@H]1COc2ccccc2O1. The Balaban J connectivity index is 1.73. The van der Waals surface area contributed by atoms with Gasteiger partial charge in [-0.2, -0.15) is 0 Å². The predicted octanol–water partition coefficient (Wildman–Crippen LogP) is 1.52. The van der Waals surface area contributed by atoms with Crippen molar-refractivity contribution in [1.82, 2.24) is 25.4 Å². The fraction of sp³-hybridized carbons (Fsp3) is 0.294. The van der Waals surface area contributed by atoms with Gasteiger partial charge in [-0.05, 0) is 12.1 Å². The maximum absolute atomic E-state index is 11.8. The number of aromatic nitrogens is 3. The van der Waals surface area contributed by atoms with E-state index >= 15 is 0 Å². The topological polar surface area (TPSA) is 107 Å². The summed E-state index contributed by atoms with van der Waals surface area (Å²) in [7, 11) is 1.44. The first kappa shape index (κ1) is 18.8. The van der Waals surface area contributed by atoms with Gasteiger partial charge in [-0.1, -0.05) is 30.0 Å². The summed E-state index contributed by atoms with van der Waals surface area (Å²) in [5.74, 6) is 1.50. The number of benzene rings is 1. The van der Waals surface area contributed by atoms with E-state index in [-0.39, 0.29) is 5.75 Å². The minimum Gasteiger partial charge on any atom is -0.485 e. The molecule has 3 amide bonds. The van der Waals surface area contributed by atoms with Gasteiger partial charge in [0.05, 0.1) is 5.75 Å². The van der Waals surface area contributed by atoms with Crippen molar-refractivity contribution >= 4 is 23.7 Å². The molecule has 0 saturated carbocycles. The highest BCUT2D eigenvalue weighted by Crippen LogP contribution is 2.36. The predicted molar refractivity (Wildman–Crippen MR) is 98.8 cm³/mol. The summed E-state index contributed by atoms with van der Waals surface area (Å²) in [6, 6.07) is 6.85. The lowest BCUT2D eigenvalue weighted by Crippen LogP contribution is -2.38. The number of carbonyl (C=O) groups is 2. The van der Waals surface area contributed by atoms with E-state index in [9.17, 15) is 9.59 Å². The van der Waals surface area contributed by atoms with E-state index in [2.05, 4.69) is 27.4 Å². The van der Waals surface area contributed by atoms with Gasteiger partial charge < -0.3 is 14.8 Å². The van der Waals surface area contributed by atoms with Crippen molar-refractivity contribution in [2.75, 3.05) is 19.4 Å². The largest absolute Gasteiger partial charge is 0.485 e. The summed E-state index contributed by atoms with van der Waals surface area (Å²) in [4.78, 5) is 23.0. The van der Waals surface area contributed by atoms with Gasteiger partial charge in [0, 0.05) is 13.6 Å². The van der Waals surface area contributed by atoms with Gasteiger partial charge in [0.15, 0.2) is 28.6 Å². The standard InChI is InChI=1S/C17H19N5O4S/c1-3-8-22-15(13-9-25-11-6-4-5-7-12(11)26-13)20-21-17(22)27-10-14(23)19-16(24)18-2/h3-7,13H,1,8-10H2,2H3,(H2,18,19,23,24)/t13-/m0/s1. The number of hydrogen-bond acceptors (Lipinski definition) is 7.